The number of benzene rings is 3. The molecule has 0 amide bonds. The van der Waals surface area contributed by atoms with Crippen molar-refractivity contribution in [2.75, 3.05) is 7.11 Å². The molecule has 4 rings (SSSR count). The Morgan fingerprint density at radius 1 is 0.750 bits per heavy atom. The van der Waals surface area contributed by atoms with Crippen molar-refractivity contribution in [1.29, 1.82) is 0 Å². The first-order valence-electron chi connectivity index (χ1n) is 8.23. The van der Waals surface area contributed by atoms with Gasteiger partial charge >= 0.3 is 0 Å². The monoisotopic (exact) mass is 334 g/mol. The van der Waals surface area contributed by atoms with Crippen LogP contribution in [-0.4, -0.2) is 7.11 Å². The zero-order valence-electron chi connectivity index (χ0n) is 13.6. The van der Waals surface area contributed by atoms with Gasteiger partial charge in [-0.25, -0.2) is 0 Å². The van der Waals surface area contributed by atoms with Crippen molar-refractivity contribution < 1.29 is 4.74 Å². The van der Waals surface area contributed by atoms with Gasteiger partial charge in [0.15, 0.2) is 0 Å². The van der Waals surface area contributed by atoms with E-state index >= 15 is 0 Å². The van der Waals surface area contributed by atoms with Gasteiger partial charge in [-0.15, -0.1) is 11.6 Å². The summed E-state index contributed by atoms with van der Waals surface area (Å²) in [6.07, 6.45) is 2.02. The van der Waals surface area contributed by atoms with Gasteiger partial charge in [-0.3, -0.25) is 0 Å². The minimum absolute atomic E-state index is 0.671. The number of methoxy groups -OCH3 is 1. The van der Waals surface area contributed by atoms with Crippen LogP contribution in [0, 0.1) is 0 Å². The molecule has 0 aliphatic heterocycles. The van der Waals surface area contributed by atoms with Crippen LogP contribution in [0.25, 0.3) is 0 Å². The Balaban J connectivity index is 2.00. The van der Waals surface area contributed by atoms with E-state index in [0.717, 1.165) is 24.2 Å². The number of aryl methyl sites for hydroxylation is 2. The second kappa shape index (κ2) is 5.99. The van der Waals surface area contributed by atoms with Crippen molar-refractivity contribution in [3.05, 3.63) is 101 Å². The Kier molecular flexibility index (Phi) is 3.82. The van der Waals surface area contributed by atoms with Crippen molar-refractivity contribution in [1.82, 2.24) is 0 Å². The summed E-state index contributed by atoms with van der Waals surface area (Å²) in [4.78, 5) is -0.671. The predicted molar refractivity (Wildman–Crippen MR) is 99.0 cm³/mol. The van der Waals surface area contributed by atoms with Crippen LogP contribution in [0.4, 0.5) is 0 Å². The van der Waals surface area contributed by atoms with Gasteiger partial charge in [0.25, 0.3) is 0 Å². The highest BCUT2D eigenvalue weighted by molar-refractivity contribution is 6.28. The topological polar surface area (TPSA) is 9.23 Å². The van der Waals surface area contributed by atoms with E-state index in [1.165, 1.54) is 22.3 Å². The van der Waals surface area contributed by atoms with Gasteiger partial charge in [0.1, 0.15) is 10.6 Å². The third-order valence-corrected chi connectivity index (χ3v) is 5.55. The third kappa shape index (κ3) is 2.32. The molecule has 24 heavy (non-hydrogen) atoms. The van der Waals surface area contributed by atoms with Crippen LogP contribution in [0.15, 0.2) is 72.8 Å². The Morgan fingerprint density at radius 2 is 1.25 bits per heavy atom. The molecule has 0 aromatic heterocycles. The fraction of sp³-hybridized carbons (Fsp3) is 0.182. The SMILES string of the molecule is COc1ccc(C2(Cl)c3ccccc3CCc3ccccc32)cc1. The predicted octanol–water partition coefficient (Wildman–Crippen LogP) is 5.32. The van der Waals surface area contributed by atoms with E-state index in [0.29, 0.717) is 0 Å². The van der Waals surface area contributed by atoms with Crippen LogP contribution in [0.3, 0.4) is 0 Å². The molecule has 0 atom stereocenters. The van der Waals surface area contributed by atoms with Crippen LogP contribution < -0.4 is 4.74 Å². The number of alkyl halides is 1. The minimum Gasteiger partial charge on any atom is -0.497 e. The van der Waals surface area contributed by atoms with E-state index in [1.54, 1.807) is 7.11 Å². The summed E-state index contributed by atoms with van der Waals surface area (Å²) in [6.45, 7) is 0. The number of hydrogen-bond donors (Lipinski definition) is 0. The van der Waals surface area contributed by atoms with Gasteiger partial charge in [-0.2, -0.15) is 0 Å². The van der Waals surface area contributed by atoms with E-state index in [2.05, 4.69) is 60.7 Å². The summed E-state index contributed by atoms with van der Waals surface area (Å²) in [7, 11) is 1.68. The molecular formula is C22H19ClO. The average molecular weight is 335 g/mol. The summed E-state index contributed by atoms with van der Waals surface area (Å²) in [5, 5.41) is 0. The van der Waals surface area contributed by atoms with Gasteiger partial charge in [-0.05, 0) is 52.8 Å². The second-order valence-corrected chi connectivity index (χ2v) is 6.77. The molecule has 0 N–H and O–H groups in total. The summed E-state index contributed by atoms with van der Waals surface area (Å²) >= 11 is 7.42. The smallest absolute Gasteiger partial charge is 0.120 e. The first-order valence-corrected chi connectivity index (χ1v) is 8.61. The fourth-order valence-electron chi connectivity index (χ4n) is 3.69. The molecule has 3 aromatic carbocycles. The molecule has 0 saturated heterocycles. The van der Waals surface area contributed by atoms with E-state index in [-0.39, 0.29) is 0 Å². The molecule has 0 spiro atoms. The normalized spacial score (nSPS) is 15.1. The first kappa shape index (κ1) is 15.3. The van der Waals surface area contributed by atoms with Crippen molar-refractivity contribution in [3.8, 4) is 5.75 Å². The van der Waals surface area contributed by atoms with Crippen molar-refractivity contribution >= 4 is 11.6 Å². The zero-order valence-corrected chi connectivity index (χ0v) is 14.4. The van der Waals surface area contributed by atoms with E-state index in [4.69, 9.17) is 16.3 Å². The Labute approximate surface area is 147 Å². The van der Waals surface area contributed by atoms with Gasteiger partial charge in [0.05, 0.1) is 7.11 Å². The molecule has 1 aliphatic carbocycles. The lowest BCUT2D eigenvalue weighted by atomic mass is 9.82. The maximum absolute atomic E-state index is 7.42. The maximum Gasteiger partial charge on any atom is 0.120 e. The molecule has 0 unspecified atom stereocenters. The van der Waals surface area contributed by atoms with Crippen LogP contribution in [0.2, 0.25) is 0 Å². The van der Waals surface area contributed by atoms with E-state index < -0.39 is 4.87 Å². The lowest BCUT2D eigenvalue weighted by molar-refractivity contribution is 0.414. The number of rotatable bonds is 2. The molecule has 1 aliphatic rings. The van der Waals surface area contributed by atoms with E-state index in [9.17, 15) is 0 Å². The molecule has 1 nitrogen and oxygen atoms in total. The van der Waals surface area contributed by atoms with Crippen LogP contribution in [0.5, 0.6) is 5.75 Å². The Morgan fingerprint density at radius 3 is 1.75 bits per heavy atom. The average Bonchev–Trinajstić information content (AvgIpc) is 2.78. The van der Waals surface area contributed by atoms with Crippen molar-refractivity contribution in [2.24, 2.45) is 0 Å². The molecule has 0 heterocycles. The highest BCUT2D eigenvalue weighted by Gasteiger charge is 2.38. The van der Waals surface area contributed by atoms with Gasteiger partial charge in [0.2, 0.25) is 0 Å². The Bertz CT molecular complexity index is 820. The molecule has 0 fully saturated rings. The summed E-state index contributed by atoms with van der Waals surface area (Å²) < 4.78 is 5.31. The van der Waals surface area contributed by atoms with E-state index in [1.807, 2.05) is 12.1 Å². The highest BCUT2D eigenvalue weighted by Crippen LogP contribution is 2.47. The van der Waals surface area contributed by atoms with Crippen molar-refractivity contribution in [2.45, 2.75) is 17.7 Å². The first-order chi connectivity index (χ1) is 11.7. The van der Waals surface area contributed by atoms with Gasteiger partial charge in [0, 0.05) is 0 Å². The van der Waals surface area contributed by atoms with Crippen LogP contribution in [0.1, 0.15) is 27.8 Å². The molecule has 0 bridgehead atoms. The minimum atomic E-state index is -0.671. The number of halogens is 1. The quantitative estimate of drug-likeness (QED) is 0.576. The fourth-order valence-corrected chi connectivity index (χ4v) is 4.19. The van der Waals surface area contributed by atoms with Gasteiger partial charge in [-0.1, -0.05) is 60.7 Å². The maximum atomic E-state index is 7.42. The summed E-state index contributed by atoms with van der Waals surface area (Å²) in [5.74, 6) is 0.842. The standard InChI is InChI=1S/C22H19ClO/c1-24-19-14-12-18(13-15-19)22(23)20-8-4-2-6-16(20)10-11-17-7-3-5-9-21(17)22/h2-9,12-15H,10-11H2,1H3. The molecule has 120 valence electrons. The Hall–Kier alpha value is -2.25. The summed E-state index contributed by atoms with van der Waals surface area (Å²) in [5.41, 5.74) is 6.08. The van der Waals surface area contributed by atoms with Crippen molar-refractivity contribution in [3.63, 3.8) is 0 Å². The number of hydrogen-bond acceptors (Lipinski definition) is 1. The highest BCUT2D eigenvalue weighted by atomic mass is 35.5. The molecule has 2 heteroatoms. The lowest BCUT2D eigenvalue weighted by Gasteiger charge is -2.31. The molecule has 0 radical (unpaired) electrons. The number of ether oxygens (including phenoxy) is 1. The largest absolute Gasteiger partial charge is 0.497 e. The lowest BCUT2D eigenvalue weighted by Crippen LogP contribution is -2.23. The molecule has 3 aromatic rings. The molecular weight excluding hydrogens is 316 g/mol. The third-order valence-electron chi connectivity index (χ3n) is 4.93. The van der Waals surface area contributed by atoms with Crippen LogP contribution >= 0.6 is 11.6 Å². The second-order valence-electron chi connectivity index (χ2n) is 6.20. The van der Waals surface area contributed by atoms with Crippen LogP contribution in [-0.2, 0) is 17.7 Å². The number of fused-ring (bicyclic) bond motifs is 2. The molecule has 0 saturated carbocycles. The van der Waals surface area contributed by atoms with Gasteiger partial charge < -0.3 is 4.74 Å². The summed E-state index contributed by atoms with van der Waals surface area (Å²) in [6, 6.07) is 25.2. The zero-order chi connectivity index (χ0) is 16.6.